The minimum atomic E-state index is -5.19. The summed E-state index contributed by atoms with van der Waals surface area (Å²) < 4.78 is 79.1. The summed E-state index contributed by atoms with van der Waals surface area (Å²) in [6, 6.07) is 13.5. The van der Waals surface area contributed by atoms with Crippen LogP contribution in [0.15, 0.2) is 67.3 Å². The molecule has 206 valence electrons. The van der Waals surface area contributed by atoms with E-state index in [4.69, 9.17) is 19.8 Å². The number of anilines is 1. The van der Waals surface area contributed by atoms with Crippen molar-refractivity contribution in [2.24, 2.45) is 0 Å². The second kappa shape index (κ2) is 12.4. The molecule has 0 aliphatic heterocycles. The van der Waals surface area contributed by atoms with Crippen molar-refractivity contribution in [3.05, 3.63) is 78.8 Å². The Morgan fingerprint density at radius 3 is 1.97 bits per heavy atom. The van der Waals surface area contributed by atoms with Gasteiger partial charge in [0.1, 0.15) is 23.3 Å². The molecule has 0 radical (unpaired) electrons. The number of alkyl halides is 6. The number of carbonyl (C=O) groups is 3. The number of aromatic amines is 2. The zero-order chi connectivity index (χ0) is 29.4. The second-order valence-corrected chi connectivity index (χ2v) is 6.95. The number of hydrogen-bond donors (Lipinski definition) is 2. The van der Waals surface area contributed by atoms with Gasteiger partial charge >= 0.3 is 18.3 Å². The summed E-state index contributed by atoms with van der Waals surface area (Å²) in [5, 5.41) is 20.3. The molecule has 0 atom stereocenters. The first kappa shape index (κ1) is 30.1. The highest BCUT2D eigenvalue weighted by atomic mass is 19.4. The third-order valence-electron chi connectivity index (χ3n) is 4.28. The van der Waals surface area contributed by atoms with Crippen LogP contribution in [0.3, 0.4) is 0 Å². The van der Waals surface area contributed by atoms with Gasteiger partial charge in [-0.3, -0.25) is 15.1 Å². The summed E-state index contributed by atoms with van der Waals surface area (Å²) in [5.74, 6) is -5.83. The van der Waals surface area contributed by atoms with Gasteiger partial charge in [-0.1, -0.05) is 18.2 Å². The third-order valence-corrected chi connectivity index (χ3v) is 4.28. The van der Waals surface area contributed by atoms with Gasteiger partial charge in [0.15, 0.2) is 5.52 Å². The fraction of sp³-hybridized carbons (Fsp3) is 0.0909. The maximum Gasteiger partial charge on any atom is 0.430 e. The Balaban J connectivity index is 0.000000317. The van der Waals surface area contributed by atoms with E-state index in [1.165, 1.54) is 12.4 Å². The number of fused-ring (bicyclic) bond motifs is 1. The number of amides is 1. The quantitative estimate of drug-likeness (QED) is 0.276. The minimum absolute atomic E-state index is 0.327. The molecule has 0 aliphatic rings. The highest BCUT2D eigenvalue weighted by molar-refractivity contribution is 6.06. The molecule has 0 unspecified atom stereocenters. The first-order valence-electron chi connectivity index (χ1n) is 10.1. The van der Waals surface area contributed by atoms with Gasteiger partial charge in [-0.25, -0.2) is 9.37 Å². The van der Waals surface area contributed by atoms with Crippen molar-refractivity contribution < 1.29 is 64.7 Å². The van der Waals surface area contributed by atoms with Crippen LogP contribution < -0.4 is 24.9 Å². The van der Waals surface area contributed by atoms with Crippen molar-refractivity contribution in [3.8, 4) is 11.4 Å². The number of carbonyl (C=O) groups excluding carboxylic acids is 3. The summed E-state index contributed by atoms with van der Waals surface area (Å²) in [4.78, 5) is 40.1. The SMILES string of the molecule is O=C(Nc1cc[nH+]cn1)c1[nH]c(-c2ccccc2F)[n+]2ccccc12.O=C([O-])C(F)(F)F.O=C([O-])C(F)(F)F. The number of pyridine rings is 1. The molecule has 0 saturated heterocycles. The Bertz CT molecular complexity index is 1430. The lowest BCUT2D eigenvalue weighted by atomic mass is 10.2. The van der Waals surface area contributed by atoms with Crippen LogP contribution in [0.5, 0.6) is 0 Å². The number of carboxylic acids is 2. The first-order chi connectivity index (χ1) is 18.1. The number of nitrogens with zero attached hydrogens (tertiary/aromatic N) is 2. The van der Waals surface area contributed by atoms with Gasteiger partial charge < -0.3 is 19.8 Å². The fourth-order valence-corrected chi connectivity index (χ4v) is 2.68. The van der Waals surface area contributed by atoms with Crippen LogP contribution in [-0.2, 0) is 9.59 Å². The van der Waals surface area contributed by atoms with Crippen molar-refractivity contribution in [3.63, 3.8) is 0 Å². The maximum absolute atomic E-state index is 14.2. The molecule has 17 heteroatoms. The molecular weight excluding hydrogens is 547 g/mol. The zero-order valence-electron chi connectivity index (χ0n) is 18.9. The van der Waals surface area contributed by atoms with Crippen LogP contribution in [0.4, 0.5) is 36.6 Å². The number of benzene rings is 1. The highest BCUT2D eigenvalue weighted by Gasteiger charge is 2.29. The molecule has 3 N–H and O–H groups in total. The summed E-state index contributed by atoms with van der Waals surface area (Å²) in [6.45, 7) is 0. The first-order valence-corrected chi connectivity index (χ1v) is 10.1. The number of imidazole rings is 1. The molecule has 3 heterocycles. The van der Waals surface area contributed by atoms with Crippen molar-refractivity contribution >= 4 is 29.2 Å². The van der Waals surface area contributed by atoms with Gasteiger partial charge in [-0.2, -0.15) is 30.7 Å². The van der Waals surface area contributed by atoms with Crippen LogP contribution in [0.25, 0.3) is 16.9 Å². The molecule has 0 aliphatic carbocycles. The summed E-state index contributed by atoms with van der Waals surface area (Å²) in [6.07, 6.45) is -5.48. The van der Waals surface area contributed by atoms with E-state index in [1.807, 2.05) is 12.1 Å². The maximum atomic E-state index is 14.2. The van der Waals surface area contributed by atoms with Crippen molar-refractivity contribution in [1.82, 2.24) is 9.97 Å². The van der Waals surface area contributed by atoms with E-state index in [2.05, 4.69) is 20.3 Å². The van der Waals surface area contributed by atoms with Crippen LogP contribution in [0, 0.1) is 5.82 Å². The lowest BCUT2D eigenvalue weighted by Gasteiger charge is -2.03. The largest absolute Gasteiger partial charge is 0.542 e. The van der Waals surface area contributed by atoms with Gasteiger partial charge in [0.05, 0.1) is 12.4 Å². The van der Waals surface area contributed by atoms with Gasteiger partial charge in [-0.15, -0.1) is 0 Å². The van der Waals surface area contributed by atoms with Crippen LogP contribution in [0.2, 0.25) is 0 Å². The topological polar surface area (TPSA) is 156 Å². The van der Waals surface area contributed by atoms with E-state index in [0.717, 1.165) is 0 Å². The second-order valence-electron chi connectivity index (χ2n) is 6.95. The van der Waals surface area contributed by atoms with E-state index in [9.17, 15) is 35.5 Å². The molecule has 3 aromatic heterocycles. The number of rotatable bonds is 3. The number of aliphatic carboxylic acids is 2. The standard InChI is InChI=1S/C18H12FN5O.2C2HF3O2/c19-13-6-2-1-5-12(13)17-23-16(14-7-3-4-10-24(14)17)18(25)22-15-8-9-20-11-21-15;2*3-2(4,5)1(6)7/h1-11H,(H,20,21,22,25);2*(H,6,7). The molecule has 4 aromatic rings. The number of carboxylic acid groups (broad SMARTS) is 2. The Kier molecular flexibility index (Phi) is 9.61. The lowest BCUT2D eigenvalue weighted by Crippen LogP contribution is -2.37. The Hall–Kier alpha value is -5.09. The highest BCUT2D eigenvalue weighted by Crippen LogP contribution is 2.21. The number of H-pyrrole nitrogens is 2. The Labute approximate surface area is 212 Å². The number of nitrogens with one attached hydrogen (secondary N) is 3. The fourth-order valence-electron chi connectivity index (χ4n) is 2.68. The van der Waals surface area contributed by atoms with Gasteiger partial charge in [0, 0.05) is 6.07 Å². The normalized spacial score (nSPS) is 10.9. The van der Waals surface area contributed by atoms with Crippen molar-refractivity contribution in [2.75, 3.05) is 5.32 Å². The predicted molar refractivity (Wildman–Crippen MR) is 110 cm³/mol. The molecular formula is C22H14F7N5O5. The van der Waals surface area contributed by atoms with Gasteiger partial charge in [0.25, 0.3) is 18.0 Å². The van der Waals surface area contributed by atoms with Crippen LogP contribution in [0.1, 0.15) is 10.5 Å². The molecule has 0 fully saturated rings. The van der Waals surface area contributed by atoms with E-state index >= 15 is 0 Å². The monoisotopic (exact) mass is 561 g/mol. The van der Waals surface area contributed by atoms with E-state index in [1.54, 1.807) is 47.1 Å². The smallest absolute Gasteiger partial charge is 0.430 e. The van der Waals surface area contributed by atoms with Gasteiger partial charge in [-0.05, 0) is 29.2 Å². The average Bonchev–Trinajstić information content (AvgIpc) is 3.24. The molecule has 10 nitrogen and oxygen atoms in total. The molecule has 0 saturated carbocycles. The third kappa shape index (κ3) is 8.48. The zero-order valence-corrected chi connectivity index (χ0v) is 18.9. The van der Waals surface area contributed by atoms with Crippen molar-refractivity contribution in [2.45, 2.75) is 12.4 Å². The lowest BCUT2D eigenvalue weighted by molar-refractivity contribution is -0.498. The van der Waals surface area contributed by atoms with Crippen LogP contribution >= 0.6 is 0 Å². The molecule has 1 amide bonds. The summed E-state index contributed by atoms with van der Waals surface area (Å²) in [7, 11) is 0. The van der Waals surface area contributed by atoms with E-state index in [0.29, 0.717) is 28.4 Å². The molecule has 0 spiro atoms. The van der Waals surface area contributed by atoms with Crippen molar-refractivity contribution in [1.29, 1.82) is 0 Å². The molecule has 39 heavy (non-hydrogen) atoms. The minimum Gasteiger partial charge on any atom is -0.542 e. The predicted octanol–water partition coefficient (Wildman–Crippen LogP) is 0.618. The number of hydrogen-bond acceptors (Lipinski definition) is 6. The molecule has 4 rings (SSSR count). The summed E-state index contributed by atoms with van der Waals surface area (Å²) in [5.41, 5.74) is 1.35. The average molecular weight is 561 g/mol. The Morgan fingerprint density at radius 2 is 1.46 bits per heavy atom. The van der Waals surface area contributed by atoms with E-state index < -0.39 is 24.3 Å². The summed E-state index contributed by atoms with van der Waals surface area (Å²) >= 11 is 0. The van der Waals surface area contributed by atoms with Gasteiger partial charge in [0.2, 0.25) is 5.69 Å². The molecule has 1 aromatic carbocycles. The number of aromatic nitrogens is 4. The van der Waals surface area contributed by atoms with E-state index in [-0.39, 0.29) is 11.7 Å². The Morgan fingerprint density at radius 1 is 0.897 bits per heavy atom. The number of halogens is 7. The molecule has 0 bridgehead atoms. The van der Waals surface area contributed by atoms with Crippen LogP contribution in [-0.4, -0.2) is 40.2 Å².